The number of carbonyl (C=O) groups is 2. The zero-order valence-corrected chi connectivity index (χ0v) is 55.0. The summed E-state index contributed by atoms with van der Waals surface area (Å²) in [6, 6.07) is -0.876. The average molecular weight is 1170 g/mol. The smallest absolute Gasteiger partial charge is 0.456 e. The molecule has 0 aliphatic rings. The highest BCUT2D eigenvalue weighted by Crippen LogP contribution is 2.43. The summed E-state index contributed by atoms with van der Waals surface area (Å²) in [6.45, 7) is 6.75. The molecule has 10 heteroatoms. The lowest BCUT2D eigenvalue weighted by Crippen LogP contribution is -2.47. The number of rotatable bonds is 59. The van der Waals surface area contributed by atoms with Gasteiger partial charge < -0.3 is 19.4 Å². The maximum Gasteiger partial charge on any atom is 0.472 e. The molecule has 1 amide bonds. The quantitative estimate of drug-likeness (QED) is 0.0205. The summed E-state index contributed by atoms with van der Waals surface area (Å²) in [4.78, 5) is 37.8. The molecule has 2 N–H and O–H groups in total. The molecule has 0 aromatic carbocycles. The monoisotopic (exact) mass is 1170 g/mol. The lowest BCUT2D eigenvalue weighted by atomic mass is 10.0. The number of phosphoric ester groups is 1. The summed E-state index contributed by atoms with van der Waals surface area (Å²) in [5.41, 5.74) is 0. The van der Waals surface area contributed by atoms with Crippen molar-refractivity contribution in [1.29, 1.82) is 0 Å². The second kappa shape index (κ2) is 61.2. The van der Waals surface area contributed by atoms with Crippen LogP contribution in [0.15, 0.2) is 134 Å². The van der Waals surface area contributed by atoms with Gasteiger partial charge in [0, 0.05) is 12.8 Å². The topological polar surface area (TPSA) is 111 Å². The molecular weight excluding hydrogens is 1050 g/mol. The summed E-state index contributed by atoms with van der Waals surface area (Å²) >= 11 is 0. The van der Waals surface area contributed by atoms with Gasteiger partial charge in [0.2, 0.25) is 5.91 Å². The summed E-state index contributed by atoms with van der Waals surface area (Å²) in [5.74, 6) is -0.556. The van der Waals surface area contributed by atoms with E-state index in [4.69, 9.17) is 13.8 Å². The minimum absolute atomic E-state index is 0.0263. The van der Waals surface area contributed by atoms with Crippen LogP contribution < -0.4 is 5.32 Å². The molecule has 474 valence electrons. The van der Waals surface area contributed by atoms with Gasteiger partial charge in [-0.15, -0.1) is 0 Å². The van der Waals surface area contributed by atoms with E-state index >= 15 is 0 Å². The molecule has 0 saturated heterocycles. The number of ether oxygens (including phenoxy) is 1. The lowest BCUT2D eigenvalue weighted by Gasteiger charge is -2.27. The molecule has 0 radical (unpaired) electrons. The number of carbonyl (C=O) groups excluding carboxylic acids is 2. The van der Waals surface area contributed by atoms with Crippen LogP contribution in [0.1, 0.15) is 265 Å². The highest BCUT2D eigenvalue weighted by molar-refractivity contribution is 7.47. The zero-order valence-electron chi connectivity index (χ0n) is 54.1. The van der Waals surface area contributed by atoms with Crippen molar-refractivity contribution in [3.8, 4) is 0 Å². The average Bonchev–Trinajstić information content (AvgIpc) is 3.46. The summed E-state index contributed by atoms with van der Waals surface area (Å²) in [5, 5.41) is 3.05. The molecule has 0 aliphatic carbocycles. The van der Waals surface area contributed by atoms with Gasteiger partial charge in [-0.25, -0.2) is 4.57 Å². The normalized spacial score (nSPS) is 14.4. The number of quaternary nitrogens is 1. The second-order valence-corrected chi connectivity index (χ2v) is 24.7. The Morgan fingerprint density at radius 1 is 0.434 bits per heavy atom. The SMILES string of the molecule is CC/C=C\C/C=C\C/C=C\C/C=C\C/C=C\CCCCCCCCCCCC(=O)NC(COP(=O)(O)OCC[N+](C)(C)C)C(/C=C\CCCCCCCCCCCCC)OC(=O)CCCCC/C=C\C/C=C\C/C=C\C/C=C\C/C=C\CC. The predicted octanol–water partition coefficient (Wildman–Crippen LogP) is 21.2. The van der Waals surface area contributed by atoms with Crippen LogP contribution in [0.3, 0.4) is 0 Å². The van der Waals surface area contributed by atoms with Gasteiger partial charge in [0.1, 0.15) is 19.3 Å². The van der Waals surface area contributed by atoms with Crippen LogP contribution in [-0.2, 0) is 27.9 Å². The van der Waals surface area contributed by atoms with Gasteiger partial charge in [0.15, 0.2) is 0 Å². The highest BCUT2D eigenvalue weighted by Gasteiger charge is 2.30. The van der Waals surface area contributed by atoms with Gasteiger partial charge in [-0.3, -0.25) is 18.6 Å². The largest absolute Gasteiger partial charge is 0.472 e. The first kappa shape index (κ1) is 79.2. The summed E-state index contributed by atoms with van der Waals surface area (Å²) in [7, 11) is 1.45. The molecule has 0 rings (SSSR count). The van der Waals surface area contributed by atoms with Crippen LogP contribution in [0.5, 0.6) is 0 Å². The number of phosphoric acid groups is 1. The number of unbranched alkanes of at least 4 members (excludes halogenated alkanes) is 23. The molecule has 3 atom stereocenters. The molecule has 9 nitrogen and oxygen atoms in total. The summed E-state index contributed by atoms with van der Waals surface area (Å²) < 4.78 is 30.8. The number of nitrogens with one attached hydrogen (secondary N) is 1. The molecule has 0 heterocycles. The fourth-order valence-electron chi connectivity index (χ4n) is 8.99. The third-order valence-corrected chi connectivity index (χ3v) is 15.1. The first-order valence-electron chi connectivity index (χ1n) is 33.5. The maximum absolute atomic E-state index is 13.6. The number of hydrogen-bond acceptors (Lipinski definition) is 6. The summed E-state index contributed by atoms with van der Waals surface area (Å²) in [6.07, 6.45) is 87.4. The number of esters is 1. The lowest BCUT2D eigenvalue weighted by molar-refractivity contribution is -0.870. The number of nitrogens with zero attached hydrogens (tertiary/aromatic N) is 1. The number of amides is 1. The Labute approximate surface area is 511 Å². The van der Waals surface area contributed by atoms with E-state index < -0.39 is 20.0 Å². The van der Waals surface area contributed by atoms with Crippen molar-refractivity contribution >= 4 is 19.7 Å². The van der Waals surface area contributed by atoms with Crippen molar-refractivity contribution < 1.29 is 37.3 Å². The van der Waals surface area contributed by atoms with E-state index in [1.807, 2.05) is 33.3 Å². The molecule has 3 unspecified atom stereocenters. The predicted molar refractivity (Wildman–Crippen MR) is 359 cm³/mol. The van der Waals surface area contributed by atoms with Crippen LogP contribution in [-0.4, -0.2) is 74.3 Å². The van der Waals surface area contributed by atoms with Gasteiger partial charge in [-0.05, 0) is 122 Å². The van der Waals surface area contributed by atoms with E-state index in [1.165, 1.54) is 89.9 Å². The van der Waals surface area contributed by atoms with Gasteiger partial charge in [-0.1, -0.05) is 264 Å². The van der Waals surface area contributed by atoms with E-state index in [1.54, 1.807) is 0 Å². The van der Waals surface area contributed by atoms with Crippen LogP contribution in [0.4, 0.5) is 0 Å². The third kappa shape index (κ3) is 62.5. The molecular formula is C73H126N2O7P+. The fourth-order valence-corrected chi connectivity index (χ4v) is 9.73. The van der Waals surface area contributed by atoms with Gasteiger partial charge >= 0.3 is 13.8 Å². The van der Waals surface area contributed by atoms with E-state index in [2.05, 4.69) is 148 Å². The Morgan fingerprint density at radius 2 is 0.771 bits per heavy atom. The van der Waals surface area contributed by atoms with Gasteiger partial charge in [0.05, 0.1) is 33.8 Å². The van der Waals surface area contributed by atoms with E-state index in [9.17, 15) is 19.0 Å². The van der Waals surface area contributed by atoms with E-state index in [0.29, 0.717) is 23.9 Å². The van der Waals surface area contributed by atoms with Crippen molar-refractivity contribution in [2.24, 2.45) is 0 Å². The van der Waals surface area contributed by atoms with Gasteiger partial charge in [-0.2, -0.15) is 0 Å². The molecule has 83 heavy (non-hydrogen) atoms. The first-order chi connectivity index (χ1) is 40.4. The zero-order chi connectivity index (χ0) is 60.7. The van der Waals surface area contributed by atoms with E-state index in [-0.39, 0.29) is 31.5 Å². The Morgan fingerprint density at radius 3 is 1.17 bits per heavy atom. The van der Waals surface area contributed by atoms with Crippen molar-refractivity contribution in [2.45, 2.75) is 277 Å². The van der Waals surface area contributed by atoms with Crippen LogP contribution in [0.25, 0.3) is 0 Å². The minimum atomic E-state index is -4.47. The van der Waals surface area contributed by atoms with Crippen molar-refractivity contribution in [1.82, 2.24) is 5.32 Å². The molecule has 0 aliphatic heterocycles. The maximum atomic E-state index is 13.6. The standard InChI is InChI=1S/C73H125N2O7P/c1-7-10-13-16-19-22-25-28-30-32-34-35-36-37-38-39-41-42-44-47-50-53-56-59-62-65-72(76)74-70(69-81-83(78,79)80-68-67-75(4,5)6)71(64-61-58-55-52-49-46-27-24-21-18-15-12-9-3)82-73(77)66-63-60-57-54-51-48-45-43-40-33-31-29-26-23-20-17-14-11-8-2/h10-11,13-14,19-20,22-23,28-31,34-35,37-38,40,43,48,51,61,64,70-71H,7-9,12,15-18,21,24-27,32-33,36,39,41-42,44-47,49-50,52-60,62-63,65-69H2,1-6H3,(H-,74,76,78,79)/p+1/b13-10-,14-11-,22-19-,23-20-,30-28-,31-29-,35-34-,38-37-,43-40-,51-48-,64-61-. The van der Waals surface area contributed by atoms with Crippen molar-refractivity contribution in [3.05, 3.63) is 134 Å². The van der Waals surface area contributed by atoms with Crippen LogP contribution in [0, 0.1) is 0 Å². The Hall–Kier alpha value is -3.85. The molecule has 0 aromatic heterocycles. The first-order valence-corrected chi connectivity index (χ1v) is 35.0. The Kier molecular flexibility index (Phi) is 58.4. The number of hydrogen-bond donors (Lipinski definition) is 2. The minimum Gasteiger partial charge on any atom is -0.456 e. The van der Waals surface area contributed by atoms with E-state index in [0.717, 1.165) is 135 Å². The molecule has 0 fully saturated rings. The molecule has 0 spiro atoms. The van der Waals surface area contributed by atoms with Gasteiger partial charge in [0.25, 0.3) is 0 Å². The van der Waals surface area contributed by atoms with Crippen molar-refractivity contribution in [2.75, 3.05) is 40.9 Å². The number of allylic oxidation sites excluding steroid dienone is 21. The Bertz CT molecular complexity index is 1880. The van der Waals surface area contributed by atoms with Crippen LogP contribution in [0.2, 0.25) is 0 Å². The van der Waals surface area contributed by atoms with Crippen LogP contribution >= 0.6 is 7.82 Å². The number of likely N-dealkylation sites (N-methyl/N-ethyl adjacent to an activating group) is 1. The Balaban J connectivity index is 5.25. The molecule has 0 saturated carbocycles. The third-order valence-electron chi connectivity index (χ3n) is 14.1. The molecule has 0 bridgehead atoms. The fraction of sp³-hybridized carbons (Fsp3) is 0.671. The second-order valence-electron chi connectivity index (χ2n) is 23.2. The highest BCUT2D eigenvalue weighted by atomic mass is 31.2. The van der Waals surface area contributed by atoms with Crippen molar-refractivity contribution in [3.63, 3.8) is 0 Å². The molecule has 0 aromatic rings.